The summed E-state index contributed by atoms with van der Waals surface area (Å²) in [5, 5.41) is 10.1. The van der Waals surface area contributed by atoms with Crippen LogP contribution in [0.25, 0.3) is 11.3 Å². The Morgan fingerprint density at radius 2 is 1.79 bits per heavy atom. The molecule has 1 heterocycles. The Hall–Kier alpha value is -3.56. The van der Waals surface area contributed by atoms with E-state index in [1.54, 1.807) is 20.3 Å². The molecule has 0 bridgehead atoms. The van der Waals surface area contributed by atoms with Crippen LogP contribution in [0.3, 0.4) is 0 Å². The van der Waals surface area contributed by atoms with Gasteiger partial charge >= 0.3 is 5.97 Å². The normalized spacial score (nSPS) is 18.0. The average Bonchev–Trinajstić information content (AvgIpc) is 3.35. The zero-order valence-corrected chi connectivity index (χ0v) is 23.2. The summed E-state index contributed by atoms with van der Waals surface area (Å²) >= 11 is 0. The summed E-state index contributed by atoms with van der Waals surface area (Å²) in [5.74, 6) is 0.396. The van der Waals surface area contributed by atoms with Gasteiger partial charge in [-0.3, -0.25) is 19.1 Å². The van der Waals surface area contributed by atoms with E-state index in [0.717, 1.165) is 36.9 Å². The molecule has 2 amide bonds. The molecule has 0 radical (unpaired) electrons. The van der Waals surface area contributed by atoms with Gasteiger partial charge in [0.1, 0.15) is 24.1 Å². The van der Waals surface area contributed by atoms with Crippen molar-refractivity contribution < 1.29 is 28.6 Å². The summed E-state index contributed by atoms with van der Waals surface area (Å²) in [4.78, 5) is 37.8. The van der Waals surface area contributed by atoms with Gasteiger partial charge in [0.2, 0.25) is 5.91 Å². The lowest BCUT2D eigenvalue weighted by molar-refractivity contribution is -0.141. The SMILES string of the molecule is COC(=O)CNC(=O)[C@H](CC(C)C)NC(=O)c1cc(-c2c(OC)cccc2OC)n(C2CCCC(C)C2)n1. The first kappa shape index (κ1) is 29.0. The van der Waals surface area contributed by atoms with Gasteiger partial charge < -0.3 is 24.8 Å². The van der Waals surface area contributed by atoms with Crippen LogP contribution >= 0.6 is 0 Å². The molecule has 10 nitrogen and oxygen atoms in total. The summed E-state index contributed by atoms with van der Waals surface area (Å²) < 4.78 is 17.8. The number of hydrogen-bond donors (Lipinski definition) is 2. The number of benzene rings is 1. The van der Waals surface area contributed by atoms with E-state index in [4.69, 9.17) is 14.6 Å². The van der Waals surface area contributed by atoms with E-state index in [0.29, 0.717) is 23.8 Å². The molecule has 10 heteroatoms. The average molecular weight is 529 g/mol. The molecule has 2 N–H and O–H groups in total. The lowest BCUT2D eigenvalue weighted by atomic mass is 9.87. The molecule has 2 unspecified atom stereocenters. The van der Waals surface area contributed by atoms with Gasteiger partial charge in [0, 0.05) is 0 Å². The number of nitrogens with one attached hydrogen (secondary N) is 2. The lowest BCUT2D eigenvalue weighted by Crippen LogP contribution is -2.48. The van der Waals surface area contributed by atoms with Crippen LogP contribution in [0, 0.1) is 11.8 Å². The molecule has 1 saturated carbocycles. The van der Waals surface area contributed by atoms with Crippen LogP contribution in [0.5, 0.6) is 11.5 Å². The van der Waals surface area contributed by atoms with Crippen LogP contribution in [-0.2, 0) is 14.3 Å². The van der Waals surface area contributed by atoms with E-state index in [9.17, 15) is 14.4 Å². The number of methoxy groups -OCH3 is 3. The molecular weight excluding hydrogens is 488 g/mol. The number of ether oxygens (including phenoxy) is 3. The van der Waals surface area contributed by atoms with E-state index in [2.05, 4.69) is 22.3 Å². The standard InChI is InChI=1S/C28H40N4O6/c1-17(2)13-20(27(34)29-16-25(33)38-6)30-28(35)21-15-22(26-23(36-4)11-8-12-24(26)37-5)32(31-21)19-10-7-9-18(3)14-19/h8,11-12,15,17-20H,7,9-10,13-14,16H2,1-6H3,(H,29,34)(H,30,35)/t18?,19?,20-/m0/s1. The van der Waals surface area contributed by atoms with Gasteiger partial charge in [-0.2, -0.15) is 5.10 Å². The second-order valence-corrected chi connectivity index (χ2v) is 10.3. The number of aromatic nitrogens is 2. The predicted octanol–water partition coefficient (Wildman–Crippen LogP) is 3.75. The summed E-state index contributed by atoms with van der Waals surface area (Å²) in [6, 6.07) is 6.55. The smallest absolute Gasteiger partial charge is 0.325 e. The van der Waals surface area contributed by atoms with Crippen LogP contribution in [0.1, 0.15) is 69.4 Å². The van der Waals surface area contributed by atoms with Gasteiger partial charge in [0.25, 0.3) is 5.91 Å². The highest BCUT2D eigenvalue weighted by molar-refractivity contribution is 5.97. The van der Waals surface area contributed by atoms with Crippen molar-refractivity contribution in [2.24, 2.45) is 11.8 Å². The quantitative estimate of drug-likeness (QED) is 0.426. The fraction of sp³-hybridized carbons (Fsp3) is 0.571. The van der Waals surface area contributed by atoms with Crippen LogP contribution in [-0.4, -0.2) is 61.5 Å². The first-order valence-electron chi connectivity index (χ1n) is 13.1. The van der Waals surface area contributed by atoms with Crippen LogP contribution < -0.4 is 20.1 Å². The van der Waals surface area contributed by atoms with Gasteiger partial charge in [-0.05, 0) is 49.3 Å². The van der Waals surface area contributed by atoms with Crippen LogP contribution in [0.15, 0.2) is 24.3 Å². The number of rotatable bonds is 11. The minimum atomic E-state index is -0.837. The van der Waals surface area contributed by atoms with Crippen molar-refractivity contribution in [3.63, 3.8) is 0 Å². The topological polar surface area (TPSA) is 121 Å². The van der Waals surface area contributed by atoms with Crippen molar-refractivity contribution in [3.8, 4) is 22.8 Å². The second kappa shape index (κ2) is 13.3. The van der Waals surface area contributed by atoms with Crippen molar-refractivity contribution in [2.75, 3.05) is 27.9 Å². The Balaban J connectivity index is 1.98. The van der Waals surface area contributed by atoms with E-state index in [1.165, 1.54) is 7.11 Å². The van der Waals surface area contributed by atoms with Crippen molar-refractivity contribution in [1.29, 1.82) is 0 Å². The van der Waals surface area contributed by atoms with E-state index >= 15 is 0 Å². The molecule has 0 saturated heterocycles. The Morgan fingerprint density at radius 1 is 1.11 bits per heavy atom. The van der Waals surface area contributed by atoms with Crippen molar-refractivity contribution in [1.82, 2.24) is 20.4 Å². The van der Waals surface area contributed by atoms with E-state index in [-0.39, 0.29) is 24.2 Å². The maximum atomic E-state index is 13.5. The molecule has 1 aromatic heterocycles. The molecule has 1 aliphatic rings. The first-order valence-corrected chi connectivity index (χ1v) is 13.1. The Morgan fingerprint density at radius 3 is 2.37 bits per heavy atom. The number of carbonyl (C=O) groups excluding carboxylic acids is 3. The Bertz CT molecular complexity index is 1110. The zero-order valence-electron chi connectivity index (χ0n) is 23.2. The summed E-state index contributed by atoms with van der Waals surface area (Å²) in [6.45, 7) is 5.87. The molecule has 208 valence electrons. The Labute approximate surface area is 224 Å². The maximum Gasteiger partial charge on any atom is 0.325 e. The van der Waals surface area contributed by atoms with Crippen molar-refractivity contribution >= 4 is 17.8 Å². The molecule has 0 spiro atoms. The molecule has 1 aromatic carbocycles. The summed E-state index contributed by atoms with van der Waals surface area (Å²) in [7, 11) is 4.44. The third-order valence-electron chi connectivity index (χ3n) is 6.87. The highest BCUT2D eigenvalue weighted by atomic mass is 16.5. The highest BCUT2D eigenvalue weighted by Gasteiger charge is 2.30. The number of hydrogen-bond acceptors (Lipinski definition) is 7. The van der Waals surface area contributed by atoms with E-state index < -0.39 is 23.8 Å². The number of nitrogens with zero attached hydrogens (tertiary/aromatic N) is 2. The fourth-order valence-electron chi connectivity index (χ4n) is 4.99. The summed E-state index contributed by atoms with van der Waals surface area (Å²) in [5.41, 5.74) is 1.64. The van der Waals surface area contributed by atoms with Crippen molar-refractivity contribution in [3.05, 3.63) is 30.0 Å². The number of esters is 1. The largest absolute Gasteiger partial charge is 0.496 e. The summed E-state index contributed by atoms with van der Waals surface area (Å²) in [6.07, 6.45) is 4.53. The van der Waals surface area contributed by atoms with Crippen LogP contribution in [0.4, 0.5) is 0 Å². The monoisotopic (exact) mass is 528 g/mol. The molecule has 0 aliphatic heterocycles. The van der Waals surface area contributed by atoms with Gasteiger partial charge in [-0.1, -0.05) is 39.7 Å². The third kappa shape index (κ3) is 7.05. The number of carbonyl (C=O) groups is 3. The molecule has 1 aliphatic carbocycles. The van der Waals surface area contributed by atoms with Gasteiger partial charge in [-0.25, -0.2) is 0 Å². The molecule has 2 aromatic rings. The second-order valence-electron chi connectivity index (χ2n) is 10.3. The lowest BCUT2D eigenvalue weighted by Gasteiger charge is -2.28. The molecule has 38 heavy (non-hydrogen) atoms. The Kier molecular flexibility index (Phi) is 10.2. The molecular formula is C28H40N4O6. The van der Waals surface area contributed by atoms with Crippen molar-refractivity contribution in [2.45, 2.75) is 65.0 Å². The minimum Gasteiger partial charge on any atom is -0.496 e. The zero-order chi connectivity index (χ0) is 27.8. The van der Waals surface area contributed by atoms with Gasteiger partial charge in [-0.15, -0.1) is 0 Å². The minimum absolute atomic E-state index is 0.111. The molecule has 3 atom stereocenters. The van der Waals surface area contributed by atoms with Gasteiger partial charge in [0.05, 0.1) is 38.6 Å². The molecule has 3 rings (SSSR count). The third-order valence-corrected chi connectivity index (χ3v) is 6.87. The van der Waals surface area contributed by atoms with E-state index in [1.807, 2.05) is 36.7 Å². The first-order chi connectivity index (χ1) is 18.2. The fourth-order valence-corrected chi connectivity index (χ4v) is 4.99. The number of amides is 2. The highest BCUT2D eigenvalue weighted by Crippen LogP contribution is 2.42. The van der Waals surface area contributed by atoms with Crippen LogP contribution in [0.2, 0.25) is 0 Å². The molecule has 1 fully saturated rings. The maximum absolute atomic E-state index is 13.5. The predicted molar refractivity (Wildman–Crippen MR) is 143 cm³/mol. The van der Waals surface area contributed by atoms with Gasteiger partial charge in [0.15, 0.2) is 5.69 Å².